The molecule has 1 aromatic rings. The van der Waals surface area contributed by atoms with Gasteiger partial charge >= 0.3 is 0 Å². The van der Waals surface area contributed by atoms with Crippen LogP contribution in [-0.2, 0) is 6.54 Å². The molecule has 0 saturated carbocycles. The lowest BCUT2D eigenvalue weighted by molar-refractivity contribution is 0.410. The van der Waals surface area contributed by atoms with Crippen molar-refractivity contribution in [2.24, 2.45) is 5.11 Å². The van der Waals surface area contributed by atoms with E-state index >= 15 is 0 Å². The van der Waals surface area contributed by atoms with E-state index in [4.69, 9.17) is 15.5 Å². The van der Waals surface area contributed by atoms with E-state index in [0.29, 0.717) is 16.9 Å². The topological polar surface area (TPSA) is 81.8 Å². The molecule has 0 fully saturated rings. The Kier molecular flexibility index (Phi) is 3.36. The highest BCUT2D eigenvalue weighted by molar-refractivity contribution is 5.41. The van der Waals surface area contributed by atoms with Gasteiger partial charge in [0.25, 0.3) is 0 Å². The second kappa shape index (κ2) is 4.75. The van der Waals surface area contributed by atoms with Crippen molar-refractivity contribution in [3.8, 4) is 11.8 Å². The molecule has 0 spiro atoms. The molecule has 5 nitrogen and oxygen atoms in total. The highest BCUT2D eigenvalue weighted by atomic mass is 16.5. The summed E-state index contributed by atoms with van der Waals surface area (Å²) in [5.74, 6) is 0.622. The first-order valence-electron chi connectivity index (χ1n) is 3.89. The summed E-state index contributed by atoms with van der Waals surface area (Å²) in [7, 11) is 1.53. The lowest BCUT2D eigenvalue weighted by Crippen LogP contribution is -1.91. The number of nitriles is 1. The van der Waals surface area contributed by atoms with E-state index in [0.717, 1.165) is 0 Å². The molecular weight excluding hydrogens is 180 g/mol. The minimum atomic E-state index is 0.190. The van der Waals surface area contributed by atoms with Crippen LogP contribution in [0.4, 0.5) is 0 Å². The predicted octanol–water partition coefficient (Wildman–Crippen LogP) is 2.38. The van der Waals surface area contributed by atoms with Crippen LogP contribution in [0, 0.1) is 11.3 Å². The van der Waals surface area contributed by atoms with Crippen LogP contribution in [0.1, 0.15) is 11.1 Å². The Bertz CT molecular complexity index is 415. The smallest absolute Gasteiger partial charge is 0.122 e. The van der Waals surface area contributed by atoms with Gasteiger partial charge in [0.2, 0.25) is 0 Å². The van der Waals surface area contributed by atoms with Gasteiger partial charge in [0.1, 0.15) is 5.75 Å². The third-order valence-corrected chi connectivity index (χ3v) is 1.71. The third kappa shape index (κ3) is 2.16. The van der Waals surface area contributed by atoms with Crippen LogP contribution in [0.3, 0.4) is 0 Å². The van der Waals surface area contributed by atoms with Crippen LogP contribution in [0.15, 0.2) is 23.3 Å². The Labute approximate surface area is 81.2 Å². The zero-order valence-corrected chi connectivity index (χ0v) is 7.64. The van der Waals surface area contributed by atoms with Crippen LogP contribution in [0.2, 0.25) is 0 Å². The molecule has 5 heteroatoms. The van der Waals surface area contributed by atoms with Crippen molar-refractivity contribution in [2.75, 3.05) is 7.11 Å². The highest BCUT2D eigenvalue weighted by Gasteiger charge is 2.02. The van der Waals surface area contributed by atoms with Crippen LogP contribution in [-0.4, -0.2) is 7.11 Å². The van der Waals surface area contributed by atoms with Gasteiger partial charge in [-0.3, -0.25) is 0 Å². The van der Waals surface area contributed by atoms with Crippen molar-refractivity contribution in [3.63, 3.8) is 0 Å². The van der Waals surface area contributed by atoms with Crippen molar-refractivity contribution < 1.29 is 4.74 Å². The molecule has 0 amide bonds. The number of rotatable bonds is 3. The summed E-state index contributed by atoms with van der Waals surface area (Å²) in [6.45, 7) is 0.190. The van der Waals surface area contributed by atoms with E-state index in [1.807, 2.05) is 6.07 Å². The Morgan fingerprint density at radius 2 is 2.43 bits per heavy atom. The summed E-state index contributed by atoms with van der Waals surface area (Å²) in [6.07, 6.45) is 0. The number of azide groups is 1. The van der Waals surface area contributed by atoms with Gasteiger partial charge in [-0.15, -0.1) is 0 Å². The molecule has 0 atom stereocenters. The van der Waals surface area contributed by atoms with E-state index in [9.17, 15) is 0 Å². The average molecular weight is 188 g/mol. The molecule has 0 unspecified atom stereocenters. The SMILES string of the molecule is COc1ccc(C#N)cc1CN=[N+]=[N-]. The van der Waals surface area contributed by atoms with E-state index in [2.05, 4.69) is 10.0 Å². The Morgan fingerprint density at radius 3 is 3.00 bits per heavy atom. The summed E-state index contributed by atoms with van der Waals surface area (Å²) >= 11 is 0. The molecule has 0 radical (unpaired) electrons. The molecular formula is C9H8N4O. The largest absolute Gasteiger partial charge is 0.496 e. The lowest BCUT2D eigenvalue weighted by atomic mass is 10.1. The number of methoxy groups -OCH3 is 1. The maximum absolute atomic E-state index is 8.66. The molecule has 0 aromatic heterocycles. The predicted molar refractivity (Wildman–Crippen MR) is 50.6 cm³/mol. The second-order valence-corrected chi connectivity index (χ2v) is 2.53. The fourth-order valence-electron chi connectivity index (χ4n) is 1.08. The summed E-state index contributed by atoms with van der Waals surface area (Å²) in [6, 6.07) is 6.98. The molecule has 0 aliphatic rings. The molecule has 0 saturated heterocycles. The van der Waals surface area contributed by atoms with Crippen LogP contribution < -0.4 is 4.74 Å². The lowest BCUT2D eigenvalue weighted by Gasteiger charge is -2.05. The van der Waals surface area contributed by atoms with Crippen molar-refractivity contribution in [1.29, 1.82) is 5.26 Å². The number of hydrogen-bond acceptors (Lipinski definition) is 3. The van der Waals surface area contributed by atoms with Gasteiger partial charge in [-0.2, -0.15) is 5.26 Å². The fourth-order valence-corrected chi connectivity index (χ4v) is 1.08. The molecule has 0 bridgehead atoms. The molecule has 0 aliphatic heterocycles. The summed E-state index contributed by atoms with van der Waals surface area (Å²) in [5.41, 5.74) is 9.40. The Hall–Kier alpha value is -2.18. The fraction of sp³-hybridized carbons (Fsp3) is 0.222. The van der Waals surface area contributed by atoms with Gasteiger partial charge in [0, 0.05) is 10.5 Å². The van der Waals surface area contributed by atoms with Crippen molar-refractivity contribution >= 4 is 0 Å². The van der Waals surface area contributed by atoms with Crippen LogP contribution in [0.25, 0.3) is 10.4 Å². The molecule has 1 rings (SSSR count). The number of benzene rings is 1. The van der Waals surface area contributed by atoms with Gasteiger partial charge in [0.15, 0.2) is 0 Å². The quantitative estimate of drug-likeness (QED) is 0.414. The van der Waals surface area contributed by atoms with E-state index in [1.165, 1.54) is 7.11 Å². The maximum atomic E-state index is 8.66. The summed E-state index contributed by atoms with van der Waals surface area (Å²) < 4.78 is 5.05. The Morgan fingerprint density at radius 1 is 1.64 bits per heavy atom. The highest BCUT2D eigenvalue weighted by Crippen LogP contribution is 2.20. The van der Waals surface area contributed by atoms with Gasteiger partial charge in [-0.1, -0.05) is 5.11 Å². The first kappa shape index (κ1) is 9.90. The van der Waals surface area contributed by atoms with Crippen LogP contribution in [0.5, 0.6) is 5.75 Å². The molecule has 1 aromatic carbocycles. The average Bonchev–Trinajstić information content (AvgIpc) is 2.25. The van der Waals surface area contributed by atoms with Gasteiger partial charge in [0.05, 0.1) is 25.3 Å². The summed E-state index contributed by atoms with van der Waals surface area (Å²) in [5, 5.41) is 12.1. The zero-order chi connectivity index (χ0) is 10.4. The van der Waals surface area contributed by atoms with E-state index < -0.39 is 0 Å². The second-order valence-electron chi connectivity index (χ2n) is 2.53. The number of nitrogens with zero attached hydrogens (tertiary/aromatic N) is 4. The molecule has 0 N–H and O–H groups in total. The molecule has 0 heterocycles. The van der Waals surface area contributed by atoms with E-state index in [-0.39, 0.29) is 6.54 Å². The third-order valence-electron chi connectivity index (χ3n) is 1.71. The monoisotopic (exact) mass is 188 g/mol. The zero-order valence-electron chi connectivity index (χ0n) is 7.64. The first-order chi connectivity index (χ1) is 6.81. The van der Waals surface area contributed by atoms with E-state index in [1.54, 1.807) is 18.2 Å². The molecule has 0 aliphatic carbocycles. The summed E-state index contributed by atoms with van der Waals surface area (Å²) in [4.78, 5) is 2.65. The van der Waals surface area contributed by atoms with Crippen LogP contribution >= 0.6 is 0 Å². The Balaban J connectivity index is 3.09. The van der Waals surface area contributed by atoms with Gasteiger partial charge in [-0.05, 0) is 23.7 Å². The minimum Gasteiger partial charge on any atom is -0.496 e. The van der Waals surface area contributed by atoms with Crippen molar-refractivity contribution in [1.82, 2.24) is 0 Å². The van der Waals surface area contributed by atoms with Gasteiger partial charge < -0.3 is 4.74 Å². The number of hydrogen-bond donors (Lipinski definition) is 0. The normalized spacial score (nSPS) is 8.57. The van der Waals surface area contributed by atoms with Crippen molar-refractivity contribution in [2.45, 2.75) is 6.54 Å². The molecule has 70 valence electrons. The molecule has 14 heavy (non-hydrogen) atoms. The first-order valence-corrected chi connectivity index (χ1v) is 3.89. The maximum Gasteiger partial charge on any atom is 0.122 e. The van der Waals surface area contributed by atoms with Crippen molar-refractivity contribution in [3.05, 3.63) is 39.8 Å². The van der Waals surface area contributed by atoms with Gasteiger partial charge in [-0.25, -0.2) is 0 Å². The number of ether oxygens (including phenoxy) is 1. The minimum absolute atomic E-state index is 0.190. The standard InChI is InChI=1S/C9H8N4O/c1-14-9-3-2-7(5-10)4-8(9)6-12-13-11/h2-4H,6H2,1H3.